The standard InChI is InChI=1S/C21H25N5O2S3/c22-20-19-15-6-2-1-3-7-16(15)30-21(19)25-17(24-20)13-29-18-9-8-14(12-23-18)31(27,28)26-10-4-5-11-26/h8-9,12H,1-7,10-11,13H2,(H2,22,24,25). The van der Waals surface area contributed by atoms with E-state index in [2.05, 4.69) is 9.97 Å². The van der Waals surface area contributed by atoms with E-state index in [-0.39, 0.29) is 4.90 Å². The third-order valence-electron chi connectivity index (χ3n) is 5.90. The largest absolute Gasteiger partial charge is 0.383 e. The van der Waals surface area contributed by atoms with Crippen molar-refractivity contribution >= 4 is 49.2 Å². The predicted octanol–water partition coefficient (Wildman–Crippen LogP) is 4.01. The van der Waals surface area contributed by atoms with Gasteiger partial charge in [0, 0.05) is 24.2 Å². The van der Waals surface area contributed by atoms with Crippen LogP contribution in [0, 0.1) is 0 Å². The normalized spacial score (nSPS) is 17.7. The summed E-state index contributed by atoms with van der Waals surface area (Å²) in [6.45, 7) is 1.18. The molecule has 164 valence electrons. The Labute approximate surface area is 190 Å². The van der Waals surface area contributed by atoms with E-state index < -0.39 is 10.0 Å². The molecule has 1 saturated heterocycles. The molecule has 1 fully saturated rings. The maximum absolute atomic E-state index is 12.6. The number of nitrogens with zero attached hydrogens (tertiary/aromatic N) is 4. The van der Waals surface area contributed by atoms with Crippen LogP contribution in [0.2, 0.25) is 0 Å². The minimum Gasteiger partial charge on any atom is -0.383 e. The van der Waals surface area contributed by atoms with E-state index in [0.717, 1.165) is 40.9 Å². The first kappa shape index (κ1) is 21.1. The highest BCUT2D eigenvalue weighted by atomic mass is 32.2. The summed E-state index contributed by atoms with van der Waals surface area (Å²) in [5.74, 6) is 1.79. The van der Waals surface area contributed by atoms with Crippen molar-refractivity contribution in [2.75, 3.05) is 18.8 Å². The molecule has 3 aromatic rings. The van der Waals surface area contributed by atoms with Crippen LogP contribution in [-0.4, -0.2) is 40.8 Å². The number of nitrogens with two attached hydrogens (primary N) is 1. The molecule has 0 saturated carbocycles. The summed E-state index contributed by atoms with van der Waals surface area (Å²) in [6, 6.07) is 3.39. The summed E-state index contributed by atoms with van der Waals surface area (Å²) in [5.41, 5.74) is 7.68. The second-order valence-corrected chi connectivity index (χ2v) is 12.0. The zero-order valence-electron chi connectivity index (χ0n) is 17.2. The molecule has 0 atom stereocenters. The van der Waals surface area contributed by atoms with Crippen molar-refractivity contribution in [2.24, 2.45) is 0 Å². The van der Waals surface area contributed by atoms with Crippen LogP contribution in [0.3, 0.4) is 0 Å². The van der Waals surface area contributed by atoms with E-state index in [0.29, 0.717) is 30.5 Å². The topological polar surface area (TPSA) is 102 Å². The van der Waals surface area contributed by atoms with E-state index in [1.165, 1.54) is 52.0 Å². The fraction of sp³-hybridized carbons (Fsp3) is 0.476. The SMILES string of the molecule is Nc1nc(CSc2ccc(S(=O)(=O)N3CCCC3)cn2)nc2sc3c(c12)CCCCC3. The van der Waals surface area contributed by atoms with Gasteiger partial charge in [-0.3, -0.25) is 0 Å². The van der Waals surface area contributed by atoms with Crippen LogP contribution in [0.5, 0.6) is 0 Å². The lowest BCUT2D eigenvalue weighted by molar-refractivity contribution is 0.477. The number of sulfonamides is 1. The lowest BCUT2D eigenvalue weighted by Gasteiger charge is -2.15. The number of rotatable bonds is 5. The van der Waals surface area contributed by atoms with E-state index in [1.807, 2.05) is 0 Å². The zero-order chi connectivity index (χ0) is 21.4. The van der Waals surface area contributed by atoms with Crippen LogP contribution in [0.15, 0.2) is 28.3 Å². The average Bonchev–Trinajstić information content (AvgIpc) is 3.37. The van der Waals surface area contributed by atoms with E-state index in [9.17, 15) is 8.42 Å². The van der Waals surface area contributed by atoms with Crippen LogP contribution >= 0.6 is 23.1 Å². The van der Waals surface area contributed by atoms with Gasteiger partial charge in [0.2, 0.25) is 10.0 Å². The molecule has 7 nitrogen and oxygen atoms in total. The minimum atomic E-state index is -3.44. The van der Waals surface area contributed by atoms with Crippen molar-refractivity contribution in [2.45, 2.75) is 60.6 Å². The van der Waals surface area contributed by atoms with Gasteiger partial charge in [0.25, 0.3) is 0 Å². The molecule has 3 aromatic heterocycles. The Morgan fingerprint density at radius 1 is 1.06 bits per heavy atom. The molecule has 2 aliphatic rings. The molecule has 1 aliphatic carbocycles. The van der Waals surface area contributed by atoms with Gasteiger partial charge < -0.3 is 5.73 Å². The van der Waals surface area contributed by atoms with Crippen molar-refractivity contribution < 1.29 is 8.42 Å². The van der Waals surface area contributed by atoms with E-state index in [1.54, 1.807) is 23.5 Å². The molecule has 10 heteroatoms. The number of hydrogen-bond acceptors (Lipinski definition) is 8. The third kappa shape index (κ3) is 4.18. The Hall–Kier alpha value is -1.75. The van der Waals surface area contributed by atoms with Gasteiger partial charge >= 0.3 is 0 Å². The molecule has 1 aliphatic heterocycles. The lowest BCUT2D eigenvalue weighted by Crippen LogP contribution is -2.27. The molecule has 2 N–H and O–H groups in total. The second kappa shape index (κ2) is 8.65. The van der Waals surface area contributed by atoms with Crippen LogP contribution in [0.1, 0.15) is 48.4 Å². The summed E-state index contributed by atoms with van der Waals surface area (Å²) >= 11 is 3.24. The first-order valence-electron chi connectivity index (χ1n) is 10.7. The number of thiophene rings is 1. The Morgan fingerprint density at radius 3 is 2.65 bits per heavy atom. The van der Waals surface area contributed by atoms with Crippen LogP contribution < -0.4 is 5.73 Å². The first-order chi connectivity index (χ1) is 15.0. The average molecular weight is 476 g/mol. The fourth-order valence-electron chi connectivity index (χ4n) is 4.29. The summed E-state index contributed by atoms with van der Waals surface area (Å²) in [7, 11) is -3.44. The number of aromatic nitrogens is 3. The summed E-state index contributed by atoms with van der Waals surface area (Å²) < 4.78 is 26.8. The maximum Gasteiger partial charge on any atom is 0.244 e. The Bertz CT molecular complexity index is 1200. The first-order valence-corrected chi connectivity index (χ1v) is 13.9. The zero-order valence-corrected chi connectivity index (χ0v) is 19.7. The molecule has 0 spiro atoms. The Morgan fingerprint density at radius 2 is 1.87 bits per heavy atom. The van der Waals surface area contributed by atoms with Gasteiger partial charge in [0.05, 0.1) is 16.2 Å². The lowest BCUT2D eigenvalue weighted by atomic mass is 10.1. The van der Waals surface area contributed by atoms with Crippen LogP contribution in [-0.2, 0) is 28.6 Å². The molecular formula is C21H25N5O2S3. The molecule has 4 heterocycles. The predicted molar refractivity (Wildman–Crippen MR) is 125 cm³/mol. The van der Waals surface area contributed by atoms with E-state index in [4.69, 9.17) is 10.7 Å². The highest BCUT2D eigenvalue weighted by Gasteiger charge is 2.27. The van der Waals surface area contributed by atoms with Crippen LogP contribution in [0.4, 0.5) is 5.82 Å². The van der Waals surface area contributed by atoms with Crippen molar-refractivity contribution in [1.29, 1.82) is 0 Å². The third-order valence-corrected chi connectivity index (χ3v) is 9.91. The van der Waals surface area contributed by atoms with Gasteiger partial charge in [-0.25, -0.2) is 23.4 Å². The number of anilines is 1. The van der Waals surface area contributed by atoms with Crippen molar-refractivity contribution in [3.05, 3.63) is 34.6 Å². The van der Waals surface area contributed by atoms with E-state index >= 15 is 0 Å². The highest BCUT2D eigenvalue weighted by molar-refractivity contribution is 7.98. The minimum absolute atomic E-state index is 0.251. The van der Waals surface area contributed by atoms with Gasteiger partial charge in [-0.2, -0.15) is 4.31 Å². The monoisotopic (exact) mass is 475 g/mol. The molecular weight excluding hydrogens is 450 g/mol. The van der Waals surface area contributed by atoms with Crippen molar-refractivity contribution in [3.8, 4) is 0 Å². The number of thioether (sulfide) groups is 1. The van der Waals surface area contributed by atoms with Gasteiger partial charge in [-0.15, -0.1) is 11.3 Å². The molecule has 5 rings (SSSR count). The molecule has 0 unspecified atom stereocenters. The number of hydrogen-bond donors (Lipinski definition) is 1. The van der Waals surface area contributed by atoms with Gasteiger partial charge in [-0.05, 0) is 56.2 Å². The maximum atomic E-state index is 12.6. The summed E-state index contributed by atoms with van der Waals surface area (Å²) in [4.78, 5) is 16.3. The Balaban J connectivity index is 1.32. The number of pyridine rings is 1. The van der Waals surface area contributed by atoms with Gasteiger partial charge in [-0.1, -0.05) is 18.2 Å². The Kier molecular flexibility index (Phi) is 5.89. The smallest absolute Gasteiger partial charge is 0.244 e. The van der Waals surface area contributed by atoms with Crippen molar-refractivity contribution in [3.63, 3.8) is 0 Å². The molecule has 0 amide bonds. The number of aryl methyl sites for hydroxylation is 2. The molecule has 0 aromatic carbocycles. The summed E-state index contributed by atoms with van der Waals surface area (Å²) in [6.07, 6.45) is 9.15. The number of nitrogen functional groups attached to an aromatic ring is 1. The second-order valence-electron chi connectivity index (χ2n) is 8.00. The van der Waals surface area contributed by atoms with Crippen molar-refractivity contribution in [1.82, 2.24) is 19.3 Å². The molecule has 0 bridgehead atoms. The quantitative estimate of drug-likeness (QED) is 0.439. The van der Waals surface area contributed by atoms with Gasteiger partial charge in [0.1, 0.15) is 21.4 Å². The molecule has 31 heavy (non-hydrogen) atoms. The highest BCUT2D eigenvalue weighted by Crippen LogP contribution is 2.37. The number of fused-ring (bicyclic) bond motifs is 3. The fourth-order valence-corrected chi connectivity index (χ4v) is 7.74. The molecule has 0 radical (unpaired) electrons. The summed E-state index contributed by atoms with van der Waals surface area (Å²) in [5, 5.41) is 1.79. The van der Waals surface area contributed by atoms with Gasteiger partial charge in [0.15, 0.2) is 0 Å². The van der Waals surface area contributed by atoms with Crippen LogP contribution in [0.25, 0.3) is 10.2 Å².